The monoisotopic (exact) mass is 488 g/mol. The fourth-order valence-electron chi connectivity index (χ4n) is 3.56. The van der Waals surface area contributed by atoms with Crippen LogP contribution in [-0.4, -0.2) is 20.6 Å². The van der Waals surface area contributed by atoms with Gasteiger partial charge in [0.25, 0.3) is 0 Å². The summed E-state index contributed by atoms with van der Waals surface area (Å²) >= 11 is 6.18. The van der Waals surface area contributed by atoms with Crippen molar-refractivity contribution in [2.75, 3.05) is 5.32 Å². The molecule has 5 aromatic rings. The molecule has 0 saturated heterocycles. The second-order valence-electron chi connectivity index (χ2n) is 7.60. The molecule has 1 N–H and O–H groups in total. The van der Waals surface area contributed by atoms with Crippen LogP contribution in [0.2, 0.25) is 5.02 Å². The molecule has 2 aromatic heterocycles. The number of ether oxygens (including phenoxy) is 2. The Morgan fingerprint density at radius 3 is 2.66 bits per heavy atom. The fraction of sp³-hybridized carbons (Fsp3) is 0.0385. The smallest absolute Gasteiger partial charge is 0.417 e. The number of nitrogens with zero attached hydrogens (tertiary/aromatic N) is 3. The van der Waals surface area contributed by atoms with E-state index in [1.54, 1.807) is 55.1 Å². The quantitative estimate of drug-likeness (QED) is 0.293. The van der Waals surface area contributed by atoms with Crippen LogP contribution in [0.4, 0.5) is 14.9 Å². The van der Waals surface area contributed by atoms with Gasteiger partial charge in [0.1, 0.15) is 16.5 Å². The van der Waals surface area contributed by atoms with Gasteiger partial charge in [0.15, 0.2) is 11.6 Å². The number of pyridine rings is 1. The van der Waals surface area contributed by atoms with E-state index in [9.17, 15) is 4.79 Å². The minimum Gasteiger partial charge on any atom is -0.453 e. The maximum absolute atomic E-state index is 15.0. The summed E-state index contributed by atoms with van der Waals surface area (Å²) in [6.45, 7) is 0. The number of carbonyl (C=O) groups excluding carboxylic acids is 1. The Morgan fingerprint density at radius 2 is 1.89 bits per heavy atom. The van der Waals surface area contributed by atoms with Crippen molar-refractivity contribution in [2.45, 2.75) is 0 Å². The zero-order valence-corrected chi connectivity index (χ0v) is 19.2. The number of anilines is 1. The van der Waals surface area contributed by atoms with E-state index in [1.807, 2.05) is 29.8 Å². The summed E-state index contributed by atoms with van der Waals surface area (Å²) in [4.78, 5) is 20.7. The van der Waals surface area contributed by atoms with Crippen molar-refractivity contribution in [1.29, 1.82) is 0 Å². The molecule has 0 spiro atoms. The molecular formula is C26H18ClFN4O3. The first-order valence-electron chi connectivity index (χ1n) is 10.5. The summed E-state index contributed by atoms with van der Waals surface area (Å²) in [5, 5.41) is 2.83. The van der Waals surface area contributed by atoms with Crippen LogP contribution in [-0.2, 0) is 7.05 Å². The van der Waals surface area contributed by atoms with Crippen LogP contribution < -0.4 is 14.8 Å². The molecule has 0 atom stereocenters. The van der Waals surface area contributed by atoms with Crippen LogP contribution in [0.15, 0.2) is 85.5 Å². The molecule has 0 saturated carbocycles. The highest BCUT2D eigenvalue weighted by Gasteiger charge is 2.17. The van der Waals surface area contributed by atoms with Crippen molar-refractivity contribution in [3.8, 4) is 28.5 Å². The van der Waals surface area contributed by atoms with Gasteiger partial charge in [-0.15, -0.1) is 0 Å². The van der Waals surface area contributed by atoms with Gasteiger partial charge in [-0.05, 0) is 42.5 Å². The summed E-state index contributed by atoms with van der Waals surface area (Å²) in [6.07, 6.45) is 4.28. The Kier molecular flexibility index (Phi) is 6.03. The van der Waals surface area contributed by atoms with E-state index in [1.165, 1.54) is 12.1 Å². The number of para-hydroxylation sites is 1. The summed E-state index contributed by atoms with van der Waals surface area (Å²) in [6, 6.07) is 18.6. The van der Waals surface area contributed by atoms with E-state index in [-0.39, 0.29) is 16.5 Å². The largest absolute Gasteiger partial charge is 0.453 e. The van der Waals surface area contributed by atoms with E-state index in [0.29, 0.717) is 22.4 Å². The molecule has 3 aromatic carbocycles. The van der Waals surface area contributed by atoms with Crippen molar-refractivity contribution < 1.29 is 18.7 Å². The number of nitrogens with one attached hydrogen (secondary N) is 1. The number of hydrogen-bond donors (Lipinski definition) is 1. The second kappa shape index (κ2) is 9.44. The number of carbonyl (C=O) groups is 1. The molecule has 0 unspecified atom stereocenters. The van der Waals surface area contributed by atoms with Gasteiger partial charge in [0.2, 0.25) is 0 Å². The Morgan fingerprint density at radius 1 is 1.06 bits per heavy atom. The minimum atomic E-state index is -0.819. The minimum absolute atomic E-state index is 0.0536. The van der Waals surface area contributed by atoms with Gasteiger partial charge < -0.3 is 14.0 Å². The lowest BCUT2D eigenvalue weighted by Crippen LogP contribution is -2.17. The SMILES string of the molecule is Cn1cncc1-c1ccc2c(Oc3ccc(NC(=O)Oc4ccccc4)c(Cl)c3F)ccnc2c1. The molecule has 0 fully saturated rings. The van der Waals surface area contributed by atoms with Gasteiger partial charge in [-0.2, -0.15) is 0 Å². The first kappa shape index (κ1) is 22.4. The Bertz CT molecular complexity index is 1540. The molecule has 9 heteroatoms. The van der Waals surface area contributed by atoms with Crippen LogP contribution in [0.1, 0.15) is 0 Å². The average Bonchev–Trinajstić information content (AvgIpc) is 3.30. The zero-order valence-electron chi connectivity index (χ0n) is 18.4. The van der Waals surface area contributed by atoms with E-state index in [2.05, 4.69) is 15.3 Å². The normalized spacial score (nSPS) is 10.8. The van der Waals surface area contributed by atoms with E-state index in [4.69, 9.17) is 21.1 Å². The standard InChI is InChI=1S/C26H18ClFN4O3/c1-32-15-29-14-21(32)16-7-8-18-20(13-16)30-12-11-22(18)35-23-10-9-19(24(27)25(23)28)31-26(33)34-17-5-3-2-4-6-17/h2-15H,1H3,(H,31,33). The Balaban J connectivity index is 1.38. The third-order valence-corrected chi connectivity index (χ3v) is 5.64. The molecular weight excluding hydrogens is 471 g/mol. The first-order chi connectivity index (χ1) is 17.0. The van der Waals surface area contributed by atoms with Crippen molar-refractivity contribution in [3.63, 3.8) is 0 Å². The molecule has 0 bridgehead atoms. The van der Waals surface area contributed by atoms with Crippen LogP contribution in [0.3, 0.4) is 0 Å². The van der Waals surface area contributed by atoms with Gasteiger partial charge in [-0.3, -0.25) is 10.3 Å². The number of imidazole rings is 1. The molecule has 0 aliphatic heterocycles. The average molecular weight is 489 g/mol. The predicted octanol–water partition coefficient (Wildman–Crippen LogP) is 6.83. The summed E-state index contributed by atoms with van der Waals surface area (Å²) < 4.78 is 28.0. The number of fused-ring (bicyclic) bond motifs is 1. The Labute approximate surface area is 204 Å². The second-order valence-corrected chi connectivity index (χ2v) is 7.98. The van der Waals surface area contributed by atoms with Gasteiger partial charge in [-0.1, -0.05) is 35.9 Å². The van der Waals surface area contributed by atoms with Gasteiger partial charge >= 0.3 is 6.09 Å². The molecule has 0 aliphatic rings. The van der Waals surface area contributed by atoms with Gasteiger partial charge in [-0.25, -0.2) is 14.2 Å². The highest BCUT2D eigenvalue weighted by molar-refractivity contribution is 6.34. The van der Waals surface area contributed by atoms with Crippen LogP contribution >= 0.6 is 11.6 Å². The van der Waals surface area contributed by atoms with Crippen molar-refractivity contribution in [2.24, 2.45) is 7.05 Å². The molecule has 35 heavy (non-hydrogen) atoms. The van der Waals surface area contributed by atoms with Crippen molar-refractivity contribution >= 4 is 34.3 Å². The number of benzene rings is 3. The molecule has 0 aliphatic carbocycles. The van der Waals surface area contributed by atoms with E-state index in [0.717, 1.165) is 11.3 Å². The van der Waals surface area contributed by atoms with Crippen LogP contribution in [0.25, 0.3) is 22.2 Å². The van der Waals surface area contributed by atoms with E-state index >= 15 is 4.39 Å². The molecule has 2 heterocycles. The molecule has 0 radical (unpaired) electrons. The third-order valence-electron chi connectivity index (χ3n) is 5.27. The number of hydrogen-bond acceptors (Lipinski definition) is 5. The molecule has 174 valence electrons. The fourth-order valence-corrected chi connectivity index (χ4v) is 3.77. The number of aryl methyl sites for hydroxylation is 1. The van der Waals surface area contributed by atoms with Gasteiger partial charge in [0.05, 0.1) is 29.4 Å². The summed E-state index contributed by atoms with van der Waals surface area (Å²) in [5.74, 6) is -0.163. The molecule has 5 rings (SSSR count). The maximum Gasteiger partial charge on any atom is 0.417 e. The number of rotatable bonds is 5. The lowest BCUT2D eigenvalue weighted by Gasteiger charge is -2.13. The van der Waals surface area contributed by atoms with Gasteiger partial charge in [0, 0.05) is 24.2 Å². The summed E-state index contributed by atoms with van der Waals surface area (Å²) in [7, 11) is 1.91. The zero-order chi connectivity index (χ0) is 24.4. The topological polar surface area (TPSA) is 78.3 Å². The van der Waals surface area contributed by atoms with Crippen molar-refractivity contribution in [3.05, 3.63) is 96.3 Å². The molecule has 1 amide bonds. The molecule has 7 nitrogen and oxygen atoms in total. The van der Waals surface area contributed by atoms with Crippen LogP contribution in [0, 0.1) is 5.82 Å². The lowest BCUT2D eigenvalue weighted by atomic mass is 10.1. The lowest BCUT2D eigenvalue weighted by molar-refractivity contribution is 0.215. The van der Waals surface area contributed by atoms with E-state index < -0.39 is 11.9 Å². The van der Waals surface area contributed by atoms with Crippen molar-refractivity contribution in [1.82, 2.24) is 14.5 Å². The first-order valence-corrected chi connectivity index (χ1v) is 10.9. The summed E-state index contributed by atoms with van der Waals surface area (Å²) in [5.41, 5.74) is 2.61. The predicted molar refractivity (Wildman–Crippen MR) is 132 cm³/mol. The Hall–Kier alpha value is -4.43. The van der Waals surface area contributed by atoms with Crippen LogP contribution in [0.5, 0.6) is 17.2 Å². The number of halogens is 2. The highest BCUT2D eigenvalue weighted by Crippen LogP contribution is 2.37. The number of amides is 1. The number of aromatic nitrogens is 3. The highest BCUT2D eigenvalue weighted by atomic mass is 35.5. The third kappa shape index (κ3) is 4.64. The maximum atomic E-state index is 15.0.